The Labute approximate surface area is 166 Å². The number of benzene rings is 2. The number of hydrogen-bond acceptors (Lipinski definition) is 6. The van der Waals surface area contributed by atoms with Crippen LogP contribution in [0.5, 0.6) is 5.75 Å². The van der Waals surface area contributed by atoms with Crippen LogP contribution in [-0.2, 0) is 17.9 Å². The van der Waals surface area contributed by atoms with Crippen LogP contribution in [0.25, 0.3) is 0 Å². The SMILES string of the molecule is Cc1cccc(OCc2nnc(S[C@@H](C)C(=O)NCc3ccc(F)cc3)o2)c1. The number of carbonyl (C=O) groups is 1. The van der Waals surface area contributed by atoms with Gasteiger partial charge in [-0.3, -0.25) is 4.79 Å². The van der Waals surface area contributed by atoms with Gasteiger partial charge in [0.05, 0.1) is 5.25 Å². The molecule has 6 nitrogen and oxygen atoms in total. The average molecular weight is 401 g/mol. The van der Waals surface area contributed by atoms with Gasteiger partial charge in [0.1, 0.15) is 11.6 Å². The largest absolute Gasteiger partial charge is 0.484 e. The molecule has 0 saturated carbocycles. The Bertz CT molecular complexity index is 930. The first-order chi connectivity index (χ1) is 13.5. The fourth-order valence-corrected chi connectivity index (χ4v) is 3.06. The molecule has 1 heterocycles. The highest BCUT2D eigenvalue weighted by atomic mass is 32.2. The summed E-state index contributed by atoms with van der Waals surface area (Å²) >= 11 is 1.17. The Morgan fingerprint density at radius 3 is 2.79 bits per heavy atom. The van der Waals surface area contributed by atoms with Crippen LogP contribution in [0.1, 0.15) is 23.9 Å². The molecule has 0 spiro atoms. The highest BCUT2D eigenvalue weighted by Gasteiger charge is 2.18. The van der Waals surface area contributed by atoms with Gasteiger partial charge in [0, 0.05) is 6.54 Å². The molecule has 0 fully saturated rings. The van der Waals surface area contributed by atoms with Gasteiger partial charge in [-0.15, -0.1) is 10.2 Å². The maximum atomic E-state index is 12.9. The van der Waals surface area contributed by atoms with Gasteiger partial charge >= 0.3 is 0 Å². The van der Waals surface area contributed by atoms with Crippen molar-refractivity contribution in [2.75, 3.05) is 0 Å². The van der Waals surface area contributed by atoms with Crippen molar-refractivity contribution in [2.24, 2.45) is 0 Å². The highest BCUT2D eigenvalue weighted by Crippen LogP contribution is 2.22. The van der Waals surface area contributed by atoms with Gasteiger partial charge in [0.15, 0.2) is 6.61 Å². The summed E-state index contributed by atoms with van der Waals surface area (Å²) in [6.07, 6.45) is 0. The van der Waals surface area contributed by atoms with Gasteiger partial charge in [-0.2, -0.15) is 0 Å². The predicted octanol–water partition coefficient (Wildman–Crippen LogP) is 3.89. The van der Waals surface area contributed by atoms with Crippen LogP contribution in [0.2, 0.25) is 0 Å². The number of nitrogens with one attached hydrogen (secondary N) is 1. The van der Waals surface area contributed by atoms with E-state index in [1.807, 2.05) is 31.2 Å². The Kier molecular flexibility index (Phi) is 6.65. The number of aryl methyl sites for hydroxylation is 1. The summed E-state index contributed by atoms with van der Waals surface area (Å²) < 4.78 is 24.1. The first-order valence-corrected chi connectivity index (χ1v) is 9.58. The highest BCUT2D eigenvalue weighted by molar-refractivity contribution is 8.00. The second-order valence-electron chi connectivity index (χ2n) is 6.17. The van der Waals surface area contributed by atoms with Crippen LogP contribution in [0.4, 0.5) is 4.39 Å². The summed E-state index contributed by atoms with van der Waals surface area (Å²) in [7, 11) is 0. The fraction of sp³-hybridized carbons (Fsp3) is 0.250. The Morgan fingerprint density at radius 2 is 2.04 bits per heavy atom. The zero-order valence-electron chi connectivity index (χ0n) is 15.5. The van der Waals surface area contributed by atoms with Gasteiger partial charge in [-0.05, 0) is 49.2 Å². The molecule has 1 atom stereocenters. The molecular weight excluding hydrogens is 381 g/mol. The second kappa shape index (κ2) is 9.36. The first-order valence-electron chi connectivity index (χ1n) is 8.70. The maximum absolute atomic E-state index is 12.9. The van der Waals surface area contributed by atoms with E-state index in [0.717, 1.165) is 16.9 Å². The molecule has 8 heteroatoms. The third-order valence-corrected chi connectivity index (χ3v) is 4.76. The minimum absolute atomic E-state index is 0.155. The number of carbonyl (C=O) groups excluding carboxylic acids is 1. The number of halogens is 1. The molecule has 0 bridgehead atoms. The standard InChI is InChI=1S/C20H20FN3O3S/c1-13-4-3-5-17(10-13)26-12-18-23-24-20(27-18)28-14(2)19(25)22-11-15-6-8-16(21)9-7-15/h3-10,14H,11-12H2,1-2H3,(H,22,25)/t14-/m0/s1. The number of amides is 1. The smallest absolute Gasteiger partial charge is 0.277 e. The van der Waals surface area contributed by atoms with Crippen molar-refractivity contribution in [3.8, 4) is 5.75 Å². The number of aromatic nitrogens is 2. The number of hydrogen-bond donors (Lipinski definition) is 1. The van der Waals surface area contributed by atoms with E-state index in [9.17, 15) is 9.18 Å². The molecule has 0 radical (unpaired) electrons. The van der Waals surface area contributed by atoms with Crippen LogP contribution in [0.3, 0.4) is 0 Å². The Hall–Kier alpha value is -2.87. The number of thioether (sulfide) groups is 1. The number of ether oxygens (including phenoxy) is 1. The van der Waals surface area contributed by atoms with Crippen molar-refractivity contribution in [3.63, 3.8) is 0 Å². The molecule has 1 N–H and O–H groups in total. The van der Waals surface area contributed by atoms with Crippen LogP contribution >= 0.6 is 11.8 Å². The molecule has 0 aliphatic rings. The number of rotatable bonds is 8. The van der Waals surface area contributed by atoms with Crippen molar-refractivity contribution in [2.45, 2.75) is 37.5 Å². The second-order valence-corrected chi connectivity index (χ2v) is 7.46. The van der Waals surface area contributed by atoms with Gasteiger partial charge in [-0.1, -0.05) is 36.0 Å². The van der Waals surface area contributed by atoms with E-state index in [0.29, 0.717) is 17.7 Å². The van der Waals surface area contributed by atoms with E-state index in [2.05, 4.69) is 15.5 Å². The average Bonchev–Trinajstić information content (AvgIpc) is 3.13. The molecular formula is C20H20FN3O3S. The minimum atomic E-state index is -0.425. The third-order valence-electron chi connectivity index (χ3n) is 3.83. The fourth-order valence-electron chi connectivity index (χ4n) is 2.33. The molecule has 28 heavy (non-hydrogen) atoms. The summed E-state index contributed by atoms with van der Waals surface area (Å²) in [4.78, 5) is 12.2. The van der Waals surface area contributed by atoms with E-state index < -0.39 is 5.25 Å². The summed E-state index contributed by atoms with van der Waals surface area (Å²) in [5.74, 6) is 0.575. The molecule has 0 unspecified atom stereocenters. The van der Waals surface area contributed by atoms with Gasteiger partial charge in [0.25, 0.3) is 11.1 Å². The molecule has 1 amide bonds. The van der Waals surface area contributed by atoms with Crippen molar-refractivity contribution in [3.05, 3.63) is 71.4 Å². The van der Waals surface area contributed by atoms with Crippen LogP contribution in [0.15, 0.2) is 58.2 Å². The van der Waals surface area contributed by atoms with E-state index in [1.54, 1.807) is 19.1 Å². The summed E-state index contributed by atoms with van der Waals surface area (Å²) in [6, 6.07) is 13.6. The molecule has 3 rings (SSSR count). The van der Waals surface area contributed by atoms with Crippen molar-refractivity contribution in [1.29, 1.82) is 0 Å². The lowest BCUT2D eigenvalue weighted by molar-refractivity contribution is -0.120. The van der Waals surface area contributed by atoms with E-state index in [1.165, 1.54) is 23.9 Å². The normalized spacial score (nSPS) is 11.8. The number of nitrogens with zero attached hydrogens (tertiary/aromatic N) is 2. The molecule has 2 aromatic carbocycles. The molecule has 1 aromatic heterocycles. The molecule has 0 saturated heterocycles. The zero-order chi connectivity index (χ0) is 19.9. The molecule has 146 valence electrons. The van der Waals surface area contributed by atoms with Crippen LogP contribution < -0.4 is 10.1 Å². The summed E-state index contributed by atoms with van der Waals surface area (Å²) in [5, 5.41) is 10.6. The van der Waals surface area contributed by atoms with E-state index in [-0.39, 0.29) is 18.3 Å². The van der Waals surface area contributed by atoms with Gasteiger partial charge < -0.3 is 14.5 Å². The zero-order valence-corrected chi connectivity index (χ0v) is 16.3. The van der Waals surface area contributed by atoms with Crippen molar-refractivity contribution in [1.82, 2.24) is 15.5 Å². The van der Waals surface area contributed by atoms with Crippen LogP contribution in [-0.4, -0.2) is 21.4 Å². The van der Waals surface area contributed by atoms with Crippen molar-refractivity contribution < 1.29 is 18.3 Å². The molecule has 3 aromatic rings. The van der Waals surface area contributed by atoms with Gasteiger partial charge in [-0.25, -0.2) is 4.39 Å². The lowest BCUT2D eigenvalue weighted by atomic mass is 10.2. The lowest BCUT2D eigenvalue weighted by Crippen LogP contribution is -2.30. The molecule has 0 aliphatic carbocycles. The van der Waals surface area contributed by atoms with E-state index >= 15 is 0 Å². The van der Waals surface area contributed by atoms with Crippen LogP contribution in [0, 0.1) is 12.7 Å². The Morgan fingerprint density at radius 1 is 1.25 bits per heavy atom. The lowest BCUT2D eigenvalue weighted by Gasteiger charge is -2.10. The van der Waals surface area contributed by atoms with Gasteiger partial charge in [0.2, 0.25) is 5.91 Å². The monoisotopic (exact) mass is 401 g/mol. The van der Waals surface area contributed by atoms with Crippen molar-refractivity contribution >= 4 is 17.7 Å². The predicted molar refractivity (Wildman–Crippen MR) is 103 cm³/mol. The minimum Gasteiger partial charge on any atom is -0.484 e. The molecule has 0 aliphatic heterocycles. The third kappa shape index (κ3) is 5.82. The topological polar surface area (TPSA) is 77.2 Å². The summed E-state index contributed by atoms with van der Waals surface area (Å²) in [6.45, 7) is 4.21. The van der Waals surface area contributed by atoms with E-state index in [4.69, 9.17) is 9.15 Å². The first kappa shape index (κ1) is 19.9. The maximum Gasteiger partial charge on any atom is 0.277 e. The summed E-state index contributed by atoms with van der Waals surface area (Å²) in [5.41, 5.74) is 1.92. The quantitative estimate of drug-likeness (QED) is 0.577. The Balaban J connectivity index is 1.46.